The Hall–Kier alpha value is -0.760. The van der Waals surface area contributed by atoms with Crippen LogP contribution >= 0.6 is 0 Å². The van der Waals surface area contributed by atoms with E-state index in [4.69, 9.17) is 0 Å². The highest BCUT2D eigenvalue weighted by Crippen LogP contribution is 1.79. The number of rotatable bonds is 1. The lowest BCUT2D eigenvalue weighted by atomic mass is 10.7. The molecule has 11 heavy (non-hydrogen) atoms. The highest BCUT2D eigenvalue weighted by Gasteiger charge is 1.58. The SMILES string of the molecule is CC.CCOC.c1ccoc1. The Morgan fingerprint density at radius 3 is 1.64 bits per heavy atom. The molecular weight excluding hydrogens is 140 g/mol. The average molecular weight is 158 g/mol. The van der Waals surface area contributed by atoms with Gasteiger partial charge in [-0.05, 0) is 19.1 Å². The molecule has 0 aliphatic carbocycles. The van der Waals surface area contributed by atoms with Crippen molar-refractivity contribution in [3.63, 3.8) is 0 Å². The third-order valence-corrected chi connectivity index (χ3v) is 0.714. The molecule has 0 aliphatic rings. The molecule has 0 saturated carbocycles. The van der Waals surface area contributed by atoms with Crippen molar-refractivity contribution in [1.29, 1.82) is 0 Å². The van der Waals surface area contributed by atoms with Gasteiger partial charge < -0.3 is 9.15 Å². The number of hydrogen-bond donors (Lipinski definition) is 0. The summed E-state index contributed by atoms with van der Waals surface area (Å²) in [6.45, 7) is 6.78. The van der Waals surface area contributed by atoms with Crippen molar-refractivity contribution in [3.8, 4) is 0 Å². The summed E-state index contributed by atoms with van der Waals surface area (Å²) < 4.78 is 9.12. The van der Waals surface area contributed by atoms with Gasteiger partial charge in [-0.15, -0.1) is 0 Å². The monoisotopic (exact) mass is 158 g/mol. The normalized spacial score (nSPS) is 6.91. The van der Waals surface area contributed by atoms with Gasteiger partial charge in [-0.3, -0.25) is 0 Å². The Bertz CT molecular complexity index is 83.1. The predicted molar refractivity (Wildman–Crippen MR) is 47.6 cm³/mol. The molecule has 66 valence electrons. The van der Waals surface area contributed by atoms with E-state index in [0.717, 1.165) is 6.61 Å². The highest BCUT2D eigenvalue weighted by molar-refractivity contribution is 4.79. The lowest BCUT2D eigenvalue weighted by Crippen LogP contribution is -1.73. The van der Waals surface area contributed by atoms with E-state index in [1.807, 2.05) is 32.9 Å². The average Bonchev–Trinajstić information content (AvgIpc) is 2.65. The predicted octanol–water partition coefficient (Wildman–Crippen LogP) is 2.96. The molecule has 0 aromatic carbocycles. The first-order valence-corrected chi connectivity index (χ1v) is 3.88. The first-order valence-electron chi connectivity index (χ1n) is 3.88. The summed E-state index contributed by atoms with van der Waals surface area (Å²) in [5.41, 5.74) is 0. The molecule has 2 heteroatoms. The van der Waals surface area contributed by atoms with Crippen molar-refractivity contribution < 1.29 is 9.15 Å². The van der Waals surface area contributed by atoms with Gasteiger partial charge >= 0.3 is 0 Å². The summed E-state index contributed by atoms with van der Waals surface area (Å²) >= 11 is 0. The van der Waals surface area contributed by atoms with Crippen molar-refractivity contribution in [1.82, 2.24) is 0 Å². The smallest absolute Gasteiger partial charge is 0.0902 e. The van der Waals surface area contributed by atoms with Crippen LogP contribution in [0.15, 0.2) is 29.1 Å². The molecular formula is C9H18O2. The lowest BCUT2D eigenvalue weighted by molar-refractivity contribution is 0.215. The van der Waals surface area contributed by atoms with Crippen molar-refractivity contribution in [2.24, 2.45) is 0 Å². The van der Waals surface area contributed by atoms with Gasteiger partial charge in [0.15, 0.2) is 0 Å². The largest absolute Gasteiger partial charge is 0.473 e. The van der Waals surface area contributed by atoms with Crippen molar-refractivity contribution in [2.75, 3.05) is 13.7 Å². The van der Waals surface area contributed by atoms with Crippen molar-refractivity contribution in [3.05, 3.63) is 24.7 Å². The van der Waals surface area contributed by atoms with Crippen LogP contribution in [-0.4, -0.2) is 13.7 Å². The standard InChI is InChI=1S/C4H4O.C3H8O.C2H6/c1-2-4-5-3-1;1-3-4-2;1-2/h1-4H;3H2,1-2H3;1-2H3. The summed E-state index contributed by atoms with van der Waals surface area (Å²) in [6, 6.07) is 3.67. The lowest BCUT2D eigenvalue weighted by Gasteiger charge is -1.76. The topological polar surface area (TPSA) is 22.4 Å². The zero-order valence-electron chi connectivity index (χ0n) is 7.83. The Kier molecular flexibility index (Phi) is 18.9. The Balaban J connectivity index is 0. The highest BCUT2D eigenvalue weighted by atomic mass is 16.5. The van der Waals surface area contributed by atoms with Crippen LogP contribution in [0.5, 0.6) is 0 Å². The Morgan fingerprint density at radius 2 is 1.55 bits per heavy atom. The number of methoxy groups -OCH3 is 1. The molecule has 1 heterocycles. The summed E-state index contributed by atoms with van der Waals surface area (Å²) in [4.78, 5) is 0. The van der Waals surface area contributed by atoms with Crippen LogP contribution in [-0.2, 0) is 4.74 Å². The molecule has 1 aromatic rings. The molecule has 0 aliphatic heterocycles. The van der Waals surface area contributed by atoms with Gasteiger partial charge in [0.05, 0.1) is 12.5 Å². The van der Waals surface area contributed by atoms with Crippen LogP contribution in [0.4, 0.5) is 0 Å². The van der Waals surface area contributed by atoms with E-state index in [9.17, 15) is 0 Å². The minimum absolute atomic E-state index is 0.819. The van der Waals surface area contributed by atoms with Gasteiger partial charge in [0.1, 0.15) is 0 Å². The molecule has 0 N–H and O–H groups in total. The third kappa shape index (κ3) is 17.6. The fourth-order valence-corrected chi connectivity index (χ4v) is 0.227. The van der Waals surface area contributed by atoms with Crippen molar-refractivity contribution >= 4 is 0 Å². The van der Waals surface area contributed by atoms with Crippen LogP contribution in [0.2, 0.25) is 0 Å². The fraction of sp³-hybridized carbons (Fsp3) is 0.556. The van der Waals surface area contributed by atoms with Crippen LogP contribution < -0.4 is 0 Å². The van der Waals surface area contributed by atoms with Crippen LogP contribution in [0, 0.1) is 0 Å². The molecule has 2 nitrogen and oxygen atoms in total. The molecule has 1 aromatic heterocycles. The van der Waals surface area contributed by atoms with E-state index < -0.39 is 0 Å². The molecule has 0 radical (unpaired) electrons. The van der Waals surface area contributed by atoms with E-state index in [1.54, 1.807) is 19.6 Å². The van der Waals surface area contributed by atoms with Gasteiger partial charge in [0.25, 0.3) is 0 Å². The van der Waals surface area contributed by atoms with Crippen LogP contribution in [0.25, 0.3) is 0 Å². The van der Waals surface area contributed by atoms with Gasteiger partial charge in [-0.25, -0.2) is 0 Å². The molecule has 0 bridgehead atoms. The maximum Gasteiger partial charge on any atom is 0.0902 e. The zero-order valence-corrected chi connectivity index (χ0v) is 7.83. The van der Waals surface area contributed by atoms with E-state index in [0.29, 0.717) is 0 Å². The summed E-state index contributed by atoms with van der Waals surface area (Å²) in [5.74, 6) is 0. The molecule has 0 spiro atoms. The second-order valence-corrected chi connectivity index (χ2v) is 1.37. The summed E-state index contributed by atoms with van der Waals surface area (Å²) in [6.07, 6.45) is 3.25. The molecule has 0 amide bonds. The molecule has 0 atom stereocenters. The van der Waals surface area contributed by atoms with E-state index >= 15 is 0 Å². The number of ether oxygens (including phenoxy) is 1. The van der Waals surface area contributed by atoms with Crippen LogP contribution in [0.1, 0.15) is 20.8 Å². The van der Waals surface area contributed by atoms with Gasteiger partial charge in [-0.1, -0.05) is 13.8 Å². The quantitative estimate of drug-likeness (QED) is 0.627. The number of furan rings is 1. The minimum atomic E-state index is 0.819. The third-order valence-electron chi connectivity index (χ3n) is 0.714. The van der Waals surface area contributed by atoms with E-state index in [-0.39, 0.29) is 0 Å². The first kappa shape index (κ1) is 12.9. The minimum Gasteiger partial charge on any atom is -0.473 e. The van der Waals surface area contributed by atoms with Crippen LogP contribution in [0.3, 0.4) is 0 Å². The van der Waals surface area contributed by atoms with E-state index in [2.05, 4.69) is 9.15 Å². The molecule has 0 fully saturated rings. The second kappa shape index (κ2) is 16.1. The maximum absolute atomic E-state index is 4.58. The molecule has 0 saturated heterocycles. The Morgan fingerprint density at radius 1 is 1.18 bits per heavy atom. The molecule has 1 rings (SSSR count). The van der Waals surface area contributed by atoms with Gasteiger partial charge in [0.2, 0.25) is 0 Å². The zero-order chi connectivity index (χ0) is 8.95. The number of hydrogen-bond acceptors (Lipinski definition) is 2. The molecule has 0 unspecified atom stereocenters. The fourth-order valence-electron chi connectivity index (χ4n) is 0.227. The van der Waals surface area contributed by atoms with Gasteiger partial charge in [-0.2, -0.15) is 0 Å². The van der Waals surface area contributed by atoms with Gasteiger partial charge in [0, 0.05) is 13.7 Å². The maximum atomic E-state index is 4.58. The van der Waals surface area contributed by atoms with Crippen molar-refractivity contribution in [2.45, 2.75) is 20.8 Å². The van der Waals surface area contributed by atoms with E-state index in [1.165, 1.54) is 0 Å². The second-order valence-electron chi connectivity index (χ2n) is 1.37. The first-order chi connectivity index (χ1) is 5.41. The summed E-state index contributed by atoms with van der Waals surface area (Å²) in [7, 11) is 1.68. The Labute approximate surface area is 69.2 Å². The summed E-state index contributed by atoms with van der Waals surface area (Å²) in [5, 5.41) is 0.